The second-order valence-electron chi connectivity index (χ2n) is 5.34. The number of pyridine rings is 1. The van der Waals surface area contributed by atoms with E-state index in [9.17, 15) is 4.79 Å². The zero-order chi connectivity index (χ0) is 16.4. The number of nitrogens with zero attached hydrogens (tertiary/aromatic N) is 1. The Morgan fingerprint density at radius 3 is 2.39 bits per heavy atom. The van der Waals surface area contributed by atoms with Crippen LogP contribution in [-0.4, -0.2) is 5.91 Å². The van der Waals surface area contributed by atoms with E-state index in [4.69, 9.17) is 23.2 Å². The first-order valence-electron chi connectivity index (χ1n) is 7.19. The second kappa shape index (κ2) is 6.57. The molecule has 0 spiro atoms. The topological polar surface area (TPSA) is 33.0 Å². The minimum Gasteiger partial charge on any atom is -0.320 e. The minimum atomic E-state index is -0.364. The van der Waals surface area contributed by atoms with Crippen LogP contribution in [0.3, 0.4) is 0 Å². The zero-order valence-corrected chi connectivity index (χ0v) is 14.0. The van der Waals surface area contributed by atoms with Crippen LogP contribution in [0.2, 0.25) is 10.0 Å². The van der Waals surface area contributed by atoms with Gasteiger partial charge >= 0.3 is 0 Å². The highest BCUT2D eigenvalue weighted by atomic mass is 35.5. The molecule has 3 aromatic rings. The van der Waals surface area contributed by atoms with Gasteiger partial charge < -0.3 is 5.32 Å². The van der Waals surface area contributed by atoms with Crippen molar-refractivity contribution in [3.8, 4) is 0 Å². The summed E-state index contributed by atoms with van der Waals surface area (Å²) in [5, 5.41) is 6.03. The summed E-state index contributed by atoms with van der Waals surface area (Å²) in [5.41, 5.74) is 0.584. The predicted molar refractivity (Wildman–Crippen MR) is 93.9 cm³/mol. The number of benzene rings is 2. The van der Waals surface area contributed by atoms with Crippen molar-refractivity contribution < 1.29 is 9.36 Å². The first-order valence-corrected chi connectivity index (χ1v) is 7.95. The van der Waals surface area contributed by atoms with Gasteiger partial charge in [-0.25, -0.2) is 0 Å². The third-order valence-electron chi connectivity index (χ3n) is 3.67. The van der Waals surface area contributed by atoms with E-state index in [1.807, 2.05) is 54.2 Å². The van der Waals surface area contributed by atoms with Crippen molar-refractivity contribution in [2.45, 2.75) is 13.0 Å². The maximum atomic E-state index is 12.5. The smallest absolute Gasteiger partial charge is 0.293 e. The third kappa shape index (κ3) is 3.63. The molecule has 1 aromatic heterocycles. The van der Waals surface area contributed by atoms with Gasteiger partial charge in [-0.2, -0.15) is 4.57 Å². The highest BCUT2D eigenvalue weighted by Crippen LogP contribution is 2.23. The number of carbonyl (C=O) groups is 1. The Kier molecular flexibility index (Phi) is 4.51. The maximum absolute atomic E-state index is 12.5. The molecule has 0 saturated heterocycles. The molecule has 0 bridgehead atoms. The van der Waals surface area contributed by atoms with Gasteiger partial charge in [0.15, 0.2) is 12.4 Å². The van der Waals surface area contributed by atoms with Crippen molar-refractivity contribution in [1.82, 2.24) is 0 Å². The lowest BCUT2D eigenvalue weighted by Gasteiger charge is -2.10. The number of halogens is 2. The standard InChI is InChI=1S/C18H14Cl2N2O/c1-12(18(23)21-17-9-15(19)8-16(20)10-17)22-7-6-13-4-2-3-5-14(13)11-22/h2-12H,1H3/p+1/t12-/m1/s1. The molecular formula is C18H15Cl2N2O+. The number of fused-ring (bicyclic) bond motifs is 1. The Hall–Kier alpha value is -2.10. The van der Waals surface area contributed by atoms with E-state index in [-0.39, 0.29) is 11.9 Å². The molecule has 0 aliphatic heterocycles. The van der Waals surface area contributed by atoms with Gasteiger partial charge in [0, 0.05) is 34.1 Å². The van der Waals surface area contributed by atoms with E-state index < -0.39 is 0 Å². The Labute approximate surface area is 144 Å². The normalized spacial score (nSPS) is 12.1. The van der Waals surface area contributed by atoms with Crippen LogP contribution >= 0.6 is 23.2 Å². The van der Waals surface area contributed by atoms with Crippen molar-refractivity contribution in [3.05, 3.63) is 71.0 Å². The highest BCUT2D eigenvalue weighted by molar-refractivity contribution is 6.35. The number of hydrogen-bond donors (Lipinski definition) is 1. The molecule has 3 rings (SSSR count). The first kappa shape index (κ1) is 15.8. The van der Waals surface area contributed by atoms with E-state index in [0.29, 0.717) is 15.7 Å². The molecule has 0 saturated carbocycles. The largest absolute Gasteiger partial charge is 0.320 e. The molecule has 23 heavy (non-hydrogen) atoms. The molecule has 3 nitrogen and oxygen atoms in total. The maximum Gasteiger partial charge on any atom is 0.293 e. The molecular weight excluding hydrogens is 331 g/mol. The zero-order valence-electron chi connectivity index (χ0n) is 12.5. The van der Waals surface area contributed by atoms with E-state index in [1.54, 1.807) is 18.2 Å². The van der Waals surface area contributed by atoms with Crippen molar-refractivity contribution in [2.75, 3.05) is 5.32 Å². The van der Waals surface area contributed by atoms with Gasteiger partial charge in [0.25, 0.3) is 5.91 Å². The van der Waals surface area contributed by atoms with Crippen LogP contribution in [-0.2, 0) is 4.79 Å². The molecule has 0 aliphatic rings. The SMILES string of the molecule is C[C@H](C(=O)Nc1cc(Cl)cc(Cl)c1)[n+]1ccc2ccccc2c1. The lowest BCUT2D eigenvalue weighted by molar-refractivity contribution is -0.704. The number of hydrogen-bond acceptors (Lipinski definition) is 1. The highest BCUT2D eigenvalue weighted by Gasteiger charge is 2.22. The summed E-state index contributed by atoms with van der Waals surface area (Å²) in [7, 11) is 0. The molecule has 0 radical (unpaired) electrons. The van der Waals surface area contributed by atoms with Crippen molar-refractivity contribution in [3.63, 3.8) is 0 Å². The quantitative estimate of drug-likeness (QED) is 0.689. The molecule has 0 unspecified atom stereocenters. The molecule has 0 aliphatic carbocycles. The van der Waals surface area contributed by atoms with Crippen LogP contribution in [0.25, 0.3) is 10.8 Å². The Morgan fingerprint density at radius 2 is 1.70 bits per heavy atom. The summed E-state index contributed by atoms with van der Waals surface area (Å²) in [5.74, 6) is -0.136. The van der Waals surface area contributed by atoms with Crippen molar-refractivity contribution >= 4 is 45.6 Å². The number of carbonyl (C=O) groups excluding carboxylic acids is 1. The number of anilines is 1. The molecule has 1 amide bonds. The number of amides is 1. The van der Waals surface area contributed by atoms with Crippen LogP contribution in [0.5, 0.6) is 0 Å². The summed E-state index contributed by atoms with van der Waals surface area (Å²) < 4.78 is 1.88. The lowest BCUT2D eigenvalue weighted by Crippen LogP contribution is -2.44. The van der Waals surface area contributed by atoms with E-state index >= 15 is 0 Å². The van der Waals surface area contributed by atoms with Crippen molar-refractivity contribution in [2.24, 2.45) is 0 Å². The minimum absolute atomic E-state index is 0.136. The average molecular weight is 346 g/mol. The van der Waals surface area contributed by atoms with Crippen molar-refractivity contribution in [1.29, 1.82) is 0 Å². The van der Waals surface area contributed by atoms with Gasteiger partial charge in [-0.15, -0.1) is 0 Å². The number of rotatable bonds is 3. The molecule has 0 fully saturated rings. The number of nitrogens with one attached hydrogen (secondary N) is 1. The number of aromatic nitrogens is 1. The van der Waals surface area contributed by atoms with Gasteiger partial charge in [-0.05, 0) is 29.7 Å². The summed E-state index contributed by atoms with van der Waals surface area (Å²) in [6, 6.07) is 14.6. The molecule has 1 N–H and O–H groups in total. The van der Waals surface area contributed by atoms with Crippen LogP contribution in [0.15, 0.2) is 60.9 Å². The van der Waals surface area contributed by atoms with Gasteiger partial charge in [-0.1, -0.05) is 41.4 Å². The third-order valence-corrected chi connectivity index (χ3v) is 4.10. The summed E-state index contributed by atoms with van der Waals surface area (Å²) >= 11 is 11.9. The Balaban J connectivity index is 1.83. The fourth-order valence-electron chi connectivity index (χ4n) is 2.40. The molecule has 1 heterocycles. The van der Waals surface area contributed by atoms with Gasteiger partial charge in [-0.3, -0.25) is 4.79 Å². The van der Waals surface area contributed by atoms with Gasteiger partial charge in [0.2, 0.25) is 6.04 Å². The second-order valence-corrected chi connectivity index (χ2v) is 6.22. The summed E-state index contributed by atoms with van der Waals surface area (Å²) in [6.07, 6.45) is 3.86. The van der Waals surface area contributed by atoms with Crippen LogP contribution in [0.1, 0.15) is 13.0 Å². The van der Waals surface area contributed by atoms with Crippen LogP contribution in [0, 0.1) is 0 Å². The summed E-state index contributed by atoms with van der Waals surface area (Å²) in [6.45, 7) is 1.84. The monoisotopic (exact) mass is 345 g/mol. The van der Waals surface area contributed by atoms with Gasteiger partial charge in [0.05, 0.1) is 0 Å². The summed E-state index contributed by atoms with van der Waals surface area (Å²) in [4.78, 5) is 12.5. The van der Waals surface area contributed by atoms with E-state index in [1.165, 1.54) is 0 Å². The van der Waals surface area contributed by atoms with Gasteiger partial charge in [0.1, 0.15) is 0 Å². The first-order chi connectivity index (χ1) is 11.0. The fraction of sp³-hybridized carbons (Fsp3) is 0.111. The molecule has 116 valence electrons. The average Bonchev–Trinajstić information content (AvgIpc) is 2.52. The van der Waals surface area contributed by atoms with E-state index in [0.717, 1.165) is 10.8 Å². The predicted octanol–water partition coefficient (Wildman–Crippen LogP) is 4.63. The molecule has 5 heteroatoms. The van der Waals surface area contributed by atoms with E-state index in [2.05, 4.69) is 5.32 Å². The van der Waals surface area contributed by atoms with Crippen LogP contribution < -0.4 is 9.88 Å². The molecule has 1 atom stereocenters. The van der Waals surface area contributed by atoms with Crippen LogP contribution in [0.4, 0.5) is 5.69 Å². The fourth-order valence-corrected chi connectivity index (χ4v) is 2.93. The lowest BCUT2D eigenvalue weighted by atomic mass is 10.1. The molecule has 2 aromatic carbocycles. The Bertz CT molecular complexity index is 860. The Morgan fingerprint density at radius 1 is 1.04 bits per heavy atom.